The number of carbonyl (C=O) groups excluding carboxylic acids is 2. The molecule has 0 heterocycles. The predicted molar refractivity (Wildman–Crippen MR) is 116 cm³/mol. The highest BCUT2D eigenvalue weighted by Gasteiger charge is 2.52. The van der Waals surface area contributed by atoms with Gasteiger partial charge in [0.2, 0.25) is 5.91 Å². The normalized spacial score (nSPS) is 11.8. The number of alkyl halides is 5. The van der Waals surface area contributed by atoms with Gasteiger partial charge in [0.25, 0.3) is 12.3 Å². The number of benzene rings is 2. The monoisotopic (exact) mass is 522 g/mol. The van der Waals surface area contributed by atoms with E-state index < -0.39 is 48.0 Å². The number of nitrogens with one attached hydrogen (secondary N) is 2. The Hall–Kier alpha value is -3.41. The summed E-state index contributed by atoms with van der Waals surface area (Å²) in [5.74, 6) is -3.87. The lowest BCUT2D eigenvalue weighted by molar-refractivity contribution is -0.211. The molecular formula is C22H20ClF5N2O5. The minimum atomic E-state index is -4.77. The first kappa shape index (κ1) is 27.8. The van der Waals surface area contributed by atoms with Crippen LogP contribution in [-0.2, 0) is 11.3 Å². The molecule has 7 nitrogen and oxygen atoms in total. The van der Waals surface area contributed by atoms with Gasteiger partial charge < -0.3 is 20.5 Å². The lowest BCUT2D eigenvalue weighted by atomic mass is 9.91. The van der Waals surface area contributed by atoms with E-state index in [1.807, 2.05) is 0 Å². The van der Waals surface area contributed by atoms with Crippen molar-refractivity contribution in [3.05, 3.63) is 58.1 Å². The van der Waals surface area contributed by atoms with Crippen LogP contribution in [0.4, 0.5) is 27.6 Å². The van der Waals surface area contributed by atoms with E-state index in [-0.39, 0.29) is 34.1 Å². The maximum Gasteiger partial charge on any atom is 0.402 e. The first-order valence-corrected chi connectivity index (χ1v) is 10.2. The number of hydrogen-bond donors (Lipinski definition) is 3. The highest BCUT2D eigenvalue weighted by atomic mass is 35.5. The van der Waals surface area contributed by atoms with Crippen LogP contribution in [0.25, 0.3) is 0 Å². The number of hydrogen-bond acceptors (Lipinski definition) is 4. The van der Waals surface area contributed by atoms with Crippen LogP contribution in [0.3, 0.4) is 0 Å². The second kappa shape index (κ2) is 10.9. The van der Waals surface area contributed by atoms with E-state index in [2.05, 4.69) is 10.6 Å². The van der Waals surface area contributed by atoms with E-state index in [9.17, 15) is 41.4 Å². The van der Waals surface area contributed by atoms with Gasteiger partial charge in [-0.2, -0.15) is 13.2 Å². The average Bonchev–Trinajstić information content (AvgIpc) is 2.76. The fraction of sp³-hybridized carbons (Fsp3) is 0.318. The summed E-state index contributed by atoms with van der Waals surface area (Å²) in [7, 11) is 0. The Morgan fingerprint density at radius 2 is 1.71 bits per heavy atom. The summed E-state index contributed by atoms with van der Waals surface area (Å²) >= 11 is 6.05. The van der Waals surface area contributed by atoms with Crippen LogP contribution in [0.5, 0.6) is 5.75 Å². The summed E-state index contributed by atoms with van der Waals surface area (Å²) in [6, 6.07) is 7.27. The van der Waals surface area contributed by atoms with Crippen molar-refractivity contribution in [2.75, 3.05) is 11.9 Å². The molecule has 2 amide bonds. The first-order valence-electron chi connectivity index (χ1n) is 9.86. The molecule has 35 heavy (non-hydrogen) atoms. The topological polar surface area (TPSA) is 105 Å². The quantitative estimate of drug-likeness (QED) is 0.396. The molecular weight excluding hydrogens is 503 g/mol. The highest BCUT2D eigenvalue weighted by molar-refractivity contribution is 6.34. The van der Waals surface area contributed by atoms with Crippen LogP contribution in [-0.4, -0.2) is 42.1 Å². The Bertz CT molecular complexity index is 1120. The van der Waals surface area contributed by atoms with Gasteiger partial charge in [0.1, 0.15) is 23.3 Å². The standard InChI is InChI=1S/C22H20ClF5N2O5/c1-21(2,22(26,27)28)20(34)29-9-11-3-5-15(23)13(7-11)18(31)30-12-4-6-16(35-10-17(24)25)14(8-12)19(32)33/h3-8,17H,9-10H2,1-2H3,(H,29,34)(H,30,31)(H,32,33). The zero-order valence-electron chi connectivity index (χ0n) is 18.3. The molecule has 3 N–H and O–H groups in total. The number of anilines is 1. The third-order valence-electron chi connectivity index (χ3n) is 4.84. The zero-order chi connectivity index (χ0) is 26.6. The first-order chi connectivity index (χ1) is 16.1. The maximum absolute atomic E-state index is 13.0. The maximum atomic E-state index is 13.0. The summed E-state index contributed by atoms with van der Waals surface area (Å²) in [5.41, 5.74) is -2.96. The largest absolute Gasteiger partial charge is 0.487 e. The fourth-order valence-electron chi connectivity index (χ4n) is 2.64. The summed E-state index contributed by atoms with van der Waals surface area (Å²) in [5, 5.41) is 13.8. The number of ether oxygens (including phenoxy) is 1. The SMILES string of the molecule is CC(C)(C(=O)NCc1ccc(Cl)c(C(=O)Nc2ccc(OCC(F)F)c(C(=O)O)c2)c1)C(F)(F)F. The third-order valence-corrected chi connectivity index (χ3v) is 5.17. The fourth-order valence-corrected chi connectivity index (χ4v) is 2.84. The predicted octanol–water partition coefficient (Wildman–Crippen LogP) is 5.14. The second-order valence-electron chi connectivity index (χ2n) is 7.79. The average molecular weight is 523 g/mol. The lowest BCUT2D eigenvalue weighted by Crippen LogP contribution is -2.46. The van der Waals surface area contributed by atoms with Crippen LogP contribution in [0, 0.1) is 5.41 Å². The van der Waals surface area contributed by atoms with E-state index >= 15 is 0 Å². The Kier molecular flexibility index (Phi) is 8.66. The van der Waals surface area contributed by atoms with Gasteiger partial charge in [-0.05, 0) is 49.7 Å². The van der Waals surface area contributed by atoms with Crippen LogP contribution >= 0.6 is 11.6 Å². The van der Waals surface area contributed by atoms with Gasteiger partial charge in [-0.1, -0.05) is 17.7 Å². The van der Waals surface area contributed by atoms with Gasteiger partial charge in [-0.25, -0.2) is 13.6 Å². The van der Waals surface area contributed by atoms with E-state index in [1.54, 1.807) is 0 Å². The number of carboxylic acid groups (broad SMARTS) is 1. The van der Waals surface area contributed by atoms with E-state index in [4.69, 9.17) is 16.3 Å². The molecule has 0 aliphatic rings. The van der Waals surface area contributed by atoms with E-state index in [0.717, 1.165) is 26.0 Å². The summed E-state index contributed by atoms with van der Waals surface area (Å²) in [6.07, 6.45) is -7.59. The number of amides is 2. The Balaban J connectivity index is 2.18. The number of rotatable bonds is 9. The molecule has 0 unspecified atom stereocenters. The number of carbonyl (C=O) groups is 3. The minimum Gasteiger partial charge on any atom is -0.487 e. The second-order valence-corrected chi connectivity index (χ2v) is 8.20. The molecule has 0 atom stereocenters. The zero-order valence-corrected chi connectivity index (χ0v) is 19.1. The molecule has 13 heteroatoms. The number of aromatic carboxylic acids is 1. The Morgan fingerprint density at radius 3 is 2.29 bits per heavy atom. The smallest absolute Gasteiger partial charge is 0.402 e. The minimum absolute atomic E-state index is 0.0153. The van der Waals surface area contributed by atoms with Crippen molar-refractivity contribution in [1.29, 1.82) is 0 Å². The van der Waals surface area contributed by atoms with Crippen LogP contribution in [0.15, 0.2) is 36.4 Å². The summed E-state index contributed by atoms with van der Waals surface area (Å²) in [6.45, 7) is 0.122. The molecule has 0 aromatic heterocycles. The van der Waals surface area contributed by atoms with Crippen molar-refractivity contribution < 1.29 is 46.2 Å². The molecule has 0 spiro atoms. The molecule has 0 bridgehead atoms. The Labute approximate surface area is 201 Å². The van der Waals surface area contributed by atoms with Crippen LogP contribution in [0.1, 0.15) is 40.1 Å². The highest BCUT2D eigenvalue weighted by Crippen LogP contribution is 2.37. The molecule has 0 saturated heterocycles. The van der Waals surface area contributed by atoms with Crippen molar-refractivity contribution >= 4 is 35.1 Å². The van der Waals surface area contributed by atoms with E-state index in [1.165, 1.54) is 24.3 Å². The van der Waals surface area contributed by atoms with Crippen molar-refractivity contribution in [1.82, 2.24) is 5.32 Å². The molecule has 2 rings (SSSR count). The van der Waals surface area contributed by atoms with Crippen molar-refractivity contribution in [3.8, 4) is 5.75 Å². The van der Waals surface area contributed by atoms with Gasteiger partial charge in [0, 0.05) is 12.2 Å². The molecule has 0 radical (unpaired) electrons. The Morgan fingerprint density at radius 1 is 1.06 bits per heavy atom. The molecule has 190 valence electrons. The van der Waals surface area contributed by atoms with E-state index in [0.29, 0.717) is 0 Å². The van der Waals surface area contributed by atoms with Crippen molar-refractivity contribution in [3.63, 3.8) is 0 Å². The molecule has 2 aromatic rings. The molecule has 0 aliphatic heterocycles. The number of halogens is 6. The van der Waals surface area contributed by atoms with Crippen molar-refractivity contribution in [2.24, 2.45) is 5.41 Å². The number of carboxylic acids is 1. The lowest BCUT2D eigenvalue weighted by Gasteiger charge is -2.26. The van der Waals surface area contributed by atoms with Gasteiger partial charge >= 0.3 is 12.1 Å². The van der Waals surface area contributed by atoms with Gasteiger partial charge in [-0.15, -0.1) is 0 Å². The van der Waals surface area contributed by atoms with Gasteiger partial charge in [-0.3, -0.25) is 9.59 Å². The molecule has 2 aromatic carbocycles. The molecule has 0 fully saturated rings. The molecule has 0 aliphatic carbocycles. The van der Waals surface area contributed by atoms with Gasteiger partial charge in [0.15, 0.2) is 0 Å². The summed E-state index contributed by atoms with van der Waals surface area (Å²) in [4.78, 5) is 36.1. The van der Waals surface area contributed by atoms with Crippen LogP contribution in [0.2, 0.25) is 5.02 Å². The summed E-state index contributed by atoms with van der Waals surface area (Å²) < 4.78 is 68.5. The third kappa shape index (κ3) is 7.04. The molecule has 0 saturated carbocycles. The van der Waals surface area contributed by atoms with Gasteiger partial charge in [0.05, 0.1) is 10.6 Å². The van der Waals surface area contributed by atoms with Crippen molar-refractivity contribution in [2.45, 2.75) is 33.0 Å². The van der Waals surface area contributed by atoms with Crippen LogP contribution < -0.4 is 15.4 Å².